The first-order valence-corrected chi connectivity index (χ1v) is 6.01. The fraction of sp³-hybridized carbons (Fsp3) is 0.182. The molecule has 1 heterocycles. The number of halogens is 1. The number of aromatic nitrogens is 1. The highest BCUT2D eigenvalue weighted by atomic mass is 127. The third kappa shape index (κ3) is 4.14. The van der Waals surface area contributed by atoms with Gasteiger partial charge < -0.3 is 15.5 Å². The van der Waals surface area contributed by atoms with Crippen molar-refractivity contribution in [2.24, 2.45) is 0 Å². The molecular weight excluding hydrogens is 333 g/mol. The topological polar surface area (TPSA) is 75.1 Å². The first-order valence-electron chi connectivity index (χ1n) is 4.93. The van der Waals surface area contributed by atoms with E-state index in [1.807, 2.05) is 28.7 Å². The Bertz CT molecular complexity index is 432. The van der Waals surface area contributed by atoms with Gasteiger partial charge in [0.15, 0.2) is 0 Å². The van der Waals surface area contributed by atoms with E-state index in [2.05, 4.69) is 10.3 Å². The Hall–Kier alpha value is -1.44. The lowest BCUT2D eigenvalue weighted by molar-refractivity contribution is -0.137. The van der Waals surface area contributed by atoms with Crippen LogP contribution < -0.4 is 5.32 Å². The van der Waals surface area contributed by atoms with Crippen molar-refractivity contribution in [2.45, 2.75) is 6.92 Å². The zero-order chi connectivity index (χ0) is 12.7. The van der Waals surface area contributed by atoms with Gasteiger partial charge in [0.25, 0.3) is 0 Å². The van der Waals surface area contributed by atoms with E-state index in [0.717, 1.165) is 11.9 Å². The molecule has 1 rings (SSSR count). The van der Waals surface area contributed by atoms with Gasteiger partial charge in [-0.15, -0.1) is 0 Å². The molecule has 0 aromatic carbocycles. The minimum absolute atomic E-state index is 0.191. The third-order valence-corrected chi connectivity index (χ3v) is 2.64. The summed E-state index contributed by atoms with van der Waals surface area (Å²) in [6.45, 7) is 2.01. The average Bonchev–Trinajstić information content (AvgIpc) is 2.31. The summed E-state index contributed by atoms with van der Waals surface area (Å²) >= 11 is 1.95. The lowest BCUT2D eigenvalue weighted by Gasteiger charge is -2.08. The summed E-state index contributed by atoms with van der Waals surface area (Å²) in [6, 6.07) is 3.60. The Morgan fingerprint density at radius 1 is 1.71 bits per heavy atom. The zero-order valence-electron chi connectivity index (χ0n) is 9.24. The summed E-state index contributed by atoms with van der Waals surface area (Å²) < 4.78 is 5.38. The molecule has 1 aromatic rings. The van der Waals surface area contributed by atoms with Crippen LogP contribution in [0.2, 0.25) is 0 Å². The standard InChI is InChI=1S/C11H12IN3O2/c1-2-17-11(16)9(6-13)10(12)15-8-4-3-5-14-7-8/h3-7,13,15H,2H2,1H3/b10-9+,13-6?. The van der Waals surface area contributed by atoms with Gasteiger partial charge in [-0.1, -0.05) is 0 Å². The van der Waals surface area contributed by atoms with Crippen LogP contribution in [0.4, 0.5) is 5.69 Å². The first kappa shape index (κ1) is 13.6. The quantitative estimate of drug-likeness (QED) is 0.282. The Labute approximate surface area is 113 Å². The number of hydrogen-bond donors (Lipinski definition) is 2. The average molecular weight is 345 g/mol. The summed E-state index contributed by atoms with van der Waals surface area (Å²) in [5.74, 6) is -0.511. The van der Waals surface area contributed by atoms with Crippen molar-refractivity contribution < 1.29 is 9.53 Å². The molecule has 0 atom stereocenters. The summed E-state index contributed by atoms with van der Waals surface area (Å²) in [7, 11) is 0. The highest BCUT2D eigenvalue weighted by Gasteiger charge is 2.12. The largest absolute Gasteiger partial charge is 0.462 e. The molecule has 0 aliphatic heterocycles. The Balaban J connectivity index is 2.86. The van der Waals surface area contributed by atoms with E-state index >= 15 is 0 Å². The van der Waals surface area contributed by atoms with Crippen LogP contribution in [0, 0.1) is 5.41 Å². The fourth-order valence-corrected chi connectivity index (χ4v) is 1.74. The molecule has 0 unspecified atom stereocenters. The van der Waals surface area contributed by atoms with Crippen LogP contribution >= 0.6 is 22.6 Å². The van der Waals surface area contributed by atoms with E-state index in [9.17, 15) is 4.79 Å². The molecule has 90 valence electrons. The van der Waals surface area contributed by atoms with Crippen molar-refractivity contribution in [3.8, 4) is 0 Å². The van der Waals surface area contributed by atoms with E-state index in [0.29, 0.717) is 3.70 Å². The number of carbonyl (C=O) groups excluding carboxylic acids is 1. The number of nitrogens with zero attached hydrogens (tertiary/aromatic N) is 1. The smallest absolute Gasteiger partial charge is 0.342 e. The molecular formula is C11H12IN3O2. The van der Waals surface area contributed by atoms with Crippen LogP contribution in [0.15, 0.2) is 33.8 Å². The molecule has 0 amide bonds. The number of anilines is 1. The van der Waals surface area contributed by atoms with Crippen LogP contribution in [0.3, 0.4) is 0 Å². The van der Waals surface area contributed by atoms with Gasteiger partial charge in [0.1, 0.15) is 5.57 Å². The minimum atomic E-state index is -0.511. The number of esters is 1. The molecule has 0 fully saturated rings. The van der Waals surface area contributed by atoms with E-state index in [1.165, 1.54) is 0 Å². The van der Waals surface area contributed by atoms with E-state index in [4.69, 9.17) is 10.1 Å². The lowest BCUT2D eigenvalue weighted by atomic mass is 10.3. The molecule has 0 bridgehead atoms. The van der Waals surface area contributed by atoms with Crippen molar-refractivity contribution in [1.82, 2.24) is 4.98 Å². The van der Waals surface area contributed by atoms with Gasteiger partial charge in [-0.05, 0) is 41.6 Å². The molecule has 0 aliphatic carbocycles. The minimum Gasteiger partial charge on any atom is -0.462 e. The molecule has 0 saturated heterocycles. The summed E-state index contributed by atoms with van der Waals surface area (Å²) in [5, 5.41) is 10.2. The summed E-state index contributed by atoms with van der Waals surface area (Å²) in [4.78, 5) is 15.5. The monoisotopic (exact) mass is 345 g/mol. The lowest BCUT2D eigenvalue weighted by Crippen LogP contribution is -2.12. The zero-order valence-corrected chi connectivity index (χ0v) is 11.4. The van der Waals surface area contributed by atoms with Gasteiger partial charge in [0, 0.05) is 12.4 Å². The summed E-state index contributed by atoms with van der Waals surface area (Å²) in [5.41, 5.74) is 0.942. The van der Waals surface area contributed by atoms with Crippen molar-refractivity contribution in [2.75, 3.05) is 11.9 Å². The highest BCUT2D eigenvalue weighted by molar-refractivity contribution is 14.1. The number of rotatable bonds is 5. The number of pyridine rings is 1. The Morgan fingerprint density at radius 2 is 2.47 bits per heavy atom. The summed E-state index contributed by atoms with van der Waals surface area (Å²) in [6.07, 6.45) is 4.26. The number of ether oxygens (including phenoxy) is 1. The van der Waals surface area contributed by atoms with E-state index < -0.39 is 5.97 Å². The molecule has 17 heavy (non-hydrogen) atoms. The molecule has 5 nitrogen and oxygen atoms in total. The highest BCUT2D eigenvalue weighted by Crippen LogP contribution is 2.16. The van der Waals surface area contributed by atoms with E-state index in [1.54, 1.807) is 25.4 Å². The van der Waals surface area contributed by atoms with Gasteiger partial charge >= 0.3 is 5.97 Å². The normalized spacial score (nSPS) is 11.4. The first-order chi connectivity index (χ1) is 8.19. The molecule has 1 aromatic heterocycles. The second-order valence-corrected chi connectivity index (χ2v) is 4.04. The van der Waals surface area contributed by atoms with Crippen LogP contribution in [-0.2, 0) is 9.53 Å². The second-order valence-electron chi connectivity index (χ2n) is 2.96. The van der Waals surface area contributed by atoms with Gasteiger partial charge in [-0.2, -0.15) is 0 Å². The number of carbonyl (C=O) groups is 1. The Kier molecular flexibility index (Phi) is 5.61. The molecule has 2 N–H and O–H groups in total. The molecule has 0 spiro atoms. The predicted octanol–water partition coefficient (Wildman–Crippen LogP) is 2.35. The second kappa shape index (κ2) is 7.00. The maximum absolute atomic E-state index is 11.5. The number of nitrogens with one attached hydrogen (secondary N) is 2. The molecule has 0 saturated carbocycles. The van der Waals surface area contributed by atoms with Crippen molar-refractivity contribution in [3.05, 3.63) is 33.8 Å². The Morgan fingerprint density at radius 3 is 3.00 bits per heavy atom. The van der Waals surface area contributed by atoms with Crippen LogP contribution in [0.25, 0.3) is 0 Å². The molecule has 0 radical (unpaired) electrons. The van der Waals surface area contributed by atoms with Gasteiger partial charge in [0.2, 0.25) is 0 Å². The maximum Gasteiger partial charge on any atom is 0.342 e. The maximum atomic E-state index is 11.5. The van der Waals surface area contributed by atoms with Crippen LogP contribution in [0.1, 0.15) is 6.92 Å². The van der Waals surface area contributed by atoms with Gasteiger partial charge in [-0.25, -0.2) is 4.79 Å². The van der Waals surface area contributed by atoms with Crippen LogP contribution in [-0.4, -0.2) is 23.8 Å². The van der Waals surface area contributed by atoms with Crippen molar-refractivity contribution in [1.29, 1.82) is 5.41 Å². The third-order valence-electron chi connectivity index (χ3n) is 1.79. The van der Waals surface area contributed by atoms with Gasteiger partial charge in [0.05, 0.1) is 22.2 Å². The molecule has 0 aliphatic rings. The number of hydrogen-bond acceptors (Lipinski definition) is 5. The predicted molar refractivity (Wildman–Crippen MR) is 74.3 cm³/mol. The van der Waals surface area contributed by atoms with Crippen molar-refractivity contribution >= 4 is 40.5 Å². The van der Waals surface area contributed by atoms with Crippen LogP contribution in [0.5, 0.6) is 0 Å². The SMILES string of the molecule is CCOC(=O)/C(C=N)=C(\I)Nc1cccnc1. The molecule has 6 heteroatoms. The fourth-order valence-electron chi connectivity index (χ4n) is 1.05. The van der Waals surface area contributed by atoms with Crippen molar-refractivity contribution in [3.63, 3.8) is 0 Å². The van der Waals surface area contributed by atoms with E-state index in [-0.39, 0.29) is 12.2 Å². The van der Waals surface area contributed by atoms with Gasteiger partial charge in [-0.3, -0.25) is 4.98 Å².